The van der Waals surface area contributed by atoms with Crippen molar-refractivity contribution in [3.63, 3.8) is 0 Å². The summed E-state index contributed by atoms with van der Waals surface area (Å²) in [5.74, 6) is -2.71. The van der Waals surface area contributed by atoms with Crippen molar-refractivity contribution < 1.29 is 37.9 Å². The summed E-state index contributed by atoms with van der Waals surface area (Å²) in [4.78, 5) is 52.7. The molecular formula is C14H9N2O10P. The molecule has 0 aliphatic heterocycles. The number of carbonyl (C=O) groups is 2. The number of phosphoric acid groups is 1. The molecule has 0 fully saturated rings. The molecular weight excluding hydrogens is 387 g/mol. The Kier molecular flexibility index (Phi) is 5.63. The summed E-state index contributed by atoms with van der Waals surface area (Å²) in [7, 11) is -5.16. The number of hydrogen-bond acceptors (Lipinski definition) is 9. The van der Waals surface area contributed by atoms with E-state index in [9.17, 15) is 39.3 Å². The first-order chi connectivity index (χ1) is 12.6. The van der Waals surface area contributed by atoms with Gasteiger partial charge in [0.05, 0.1) is 21.0 Å². The summed E-state index contributed by atoms with van der Waals surface area (Å²) in [5, 5.41) is 21.1. The molecule has 27 heavy (non-hydrogen) atoms. The van der Waals surface area contributed by atoms with Crippen molar-refractivity contribution >= 4 is 31.1 Å². The molecule has 2 aromatic carbocycles. The normalized spacial score (nSPS) is 10.7. The van der Waals surface area contributed by atoms with Gasteiger partial charge in [0.25, 0.3) is 11.4 Å². The molecule has 140 valence electrons. The molecule has 0 amide bonds. The van der Waals surface area contributed by atoms with Crippen LogP contribution in [0, 0.1) is 20.2 Å². The SMILES string of the molecule is O=C(OP(=O)(O)OC(=O)c1ccc([N+](=O)[O-])cc1)c1ccc([N+](=O)[O-])cc1. The maximum absolute atomic E-state index is 11.8. The Morgan fingerprint density at radius 3 is 1.33 bits per heavy atom. The Balaban J connectivity index is 2.05. The molecule has 12 nitrogen and oxygen atoms in total. The van der Waals surface area contributed by atoms with E-state index in [0.29, 0.717) is 0 Å². The van der Waals surface area contributed by atoms with E-state index in [1.54, 1.807) is 0 Å². The minimum absolute atomic E-state index is 0.291. The molecule has 0 saturated carbocycles. The van der Waals surface area contributed by atoms with Gasteiger partial charge in [0.2, 0.25) is 0 Å². The van der Waals surface area contributed by atoms with Gasteiger partial charge in [-0.15, -0.1) is 0 Å². The highest BCUT2D eigenvalue weighted by atomic mass is 31.2. The molecule has 0 aromatic heterocycles. The maximum atomic E-state index is 11.8. The molecule has 0 unspecified atom stereocenters. The number of carbonyl (C=O) groups excluding carboxylic acids is 2. The number of nitro benzene ring substituents is 2. The highest BCUT2D eigenvalue weighted by Gasteiger charge is 2.32. The number of non-ortho nitro benzene ring substituents is 2. The van der Waals surface area contributed by atoms with E-state index >= 15 is 0 Å². The van der Waals surface area contributed by atoms with Crippen molar-refractivity contribution in [3.05, 3.63) is 79.9 Å². The van der Waals surface area contributed by atoms with Crippen molar-refractivity contribution in [2.75, 3.05) is 0 Å². The van der Waals surface area contributed by atoms with E-state index < -0.39 is 29.6 Å². The fourth-order valence-electron chi connectivity index (χ4n) is 1.77. The summed E-state index contributed by atoms with van der Waals surface area (Å²) < 4.78 is 20.2. The van der Waals surface area contributed by atoms with Crippen LogP contribution in [0.1, 0.15) is 20.7 Å². The van der Waals surface area contributed by atoms with Crippen LogP contribution in [0.15, 0.2) is 48.5 Å². The zero-order valence-corrected chi connectivity index (χ0v) is 14.0. The second-order valence-electron chi connectivity index (χ2n) is 4.83. The summed E-state index contributed by atoms with van der Waals surface area (Å²) in [5.41, 5.74) is -1.21. The predicted molar refractivity (Wildman–Crippen MR) is 86.8 cm³/mol. The molecule has 13 heteroatoms. The van der Waals surface area contributed by atoms with Crippen LogP contribution in [0.5, 0.6) is 0 Å². The molecule has 0 bridgehead atoms. The number of nitro groups is 2. The van der Waals surface area contributed by atoms with E-state index in [1.807, 2.05) is 0 Å². The Morgan fingerprint density at radius 1 is 0.778 bits per heavy atom. The highest BCUT2D eigenvalue weighted by Crippen LogP contribution is 2.45. The summed E-state index contributed by atoms with van der Waals surface area (Å²) in [6, 6.07) is 7.83. The Labute approximate surface area is 149 Å². The van der Waals surface area contributed by atoms with E-state index in [2.05, 4.69) is 9.05 Å². The van der Waals surface area contributed by atoms with Gasteiger partial charge in [-0.05, 0) is 24.3 Å². The molecule has 2 aromatic rings. The van der Waals surface area contributed by atoms with Gasteiger partial charge < -0.3 is 9.05 Å². The van der Waals surface area contributed by atoms with E-state index in [4.69, 9.17) is 0 Å². The fraction of sp³-hybridized carbons (Fsp3) is 0. The number of nitrogens with zero attached hydrogens (tertiary/aromatic N) is 2. The number of hydrogen-bond donors (Lipinski definition) is 1. The number of benzene rings is 2. The lowest BCUT2D eigenvalue weighted by atomic mass is 10.2. The predicted octanol–water partition coefficient (Wildman–Crippen LogP) is 2.62. The van der Waals surface area contributed by atoms with Crippen LogP contribution >= 0.6 is 7.82 Å². The van der Waals surface area contributed by atoms with Gasteiger partial charge in [0, 0.05) is 24.3 Å². The van der Waals surface area contributed by atoms with Crippen molar-refractivity contribution in [3.8, 4) is 0 Å². The molecule has 0 atom stereocenters. The molecule has 0 spiro atoms. The minimum atomic E-state index is -5.16. The van der Waals surface area contributed by atoms with Gasteiger partial charge in [-0.25, -0.2) is 14.2 Å². The summed E-state index contributed by atoms with van der Waals surface area (Å²) in [6.07, 6.45) is 0. The number of phosphoric ester groups is 1. The molecule has 1 N–H and O–H groups in total. The van der Waals surface area contributed by atoms with Crippen molar-refractivity contribution in [2.45, 2.75) is 0 Å². The molecule has 2 rings (SSSR count). The topological polar surface area (TPSA) is 176 Å². The van der Waals surface area contributed by atoms with Gasteiger partial charge in [0.1, 0.15) is 0 Å². The molecule has 0 heterocycles. The van der Waals surface area contributed by atoms with Crippen LogP contribution in [0.25, 0.3) is 0 Å². The maximum Gasteiger partial charge on any atom is 0.589 e. The average molecular weight is 396 g/mol. The smallest absolute Gasteiger partial charge is 0.357 e. The second-order valence-corrected chi connectivity index (χ2v) is 6.14. The van der Waals surface area contributed by atoms with Crippen molar-refractivity contribution in [2.24, 2.45) is 0 Å². The summed E-state index contributed by atoms with van der Waals surface area (Å²) in [6.45, 7) is 0. The third-order valence-corrected chi connectivity index (χ3v) is 3.82. The van der Waals surface area contributed by atoms with Gasteiger partial charge in [-0.3, -0.25) is 25.1 Å². The third kappa shape index (κ3) is 5.17. The van der Waals surface area contributed by atoms with Crippen LogP contribution < -0.4 is 0 Å². The largest absolute Gasteiger partial charge is 0.589 e. The van der Waals surface area contributed by atoms with Gasteiger partial charge in [-0.1, -0.05) is 0 Å². The zero-order chi connectivity index (χ0) is 20.2. The van der Waals surface area contributed by atoms with E-state index in [1.165, 1.54) is 0 Å². The lowest BCUT2D eigenvalue weighted by Gasteiger charge is -2.11. The van der Waals surface area contributed by atoms with Crippen LogP contribution in [-0.4, -0.2) is 26.7 Å². The van der Waals surface area contributed by atoms with Gasteiger partial charge in [-0.2, -0.15) is 0 Å². The molecule has 0 aliphatic carbocycles. The van der Waals surface area contributed by atoms with Crippen LogP contribution in [-0.2, 0) is 13.6 Å². The number of rotatable bonds is 6. The summed E-state index contributed by atoms with van der Waals surface area (Å²) >= 11 is 0. The molecule has 0 saturated heterocycles. The quantitative estimate of drug-likeness (QED) is 0.434. The van der Waals surface area contributed by atoms with Crippen LogP contribution in [0.2, 0.25) is 0 Å². The van der Waals surface area contributed by atoms with Gasteiger partial charge >= 0.3 is 19.8 Å². The first-order valence-corrected chi connectivity index (χ1v) is 8.38. The van der Waals surface area contributed by atoms with E-state index in [-0.39, 0.29) is 22.5 Å². The second kappa shape index (κ2) is 7.72. The fourth-order valence-corrected chi connectivity index (χ4v) is 2.44. The zero-order valence-electron chi connectivity index (χ0n) is 13.1. The average Bonchev–Trinajstić information content (AvgIpc) is 2.61. The van der Waals surface area contributed by atoms with Crippen molar-refractivity contribution in [1.82, 2.24) is 0 Å². The van der Waals surface area contributed by atoms with Crippen molar-refractivity contribution in [1.29, 1.82) is 0 Å². The first kappa shape index (κ1) is 19.7. The lowest BCUT2D eigenvalue weighted by Crippen LogP contribution is -2.09. The standard InChI is InChI=1S/C14H9N2O10P/c17-13(9-1-5-11(6-2-9)15(19)20)25-27(23,24)26-14(18)10-3-7-12(8-4-10)16(21)22/h1-8H,(H,23,24). The first-order valence-electron chi connectivity index (χ1n) is 6.88. The Hall–Kier alpha value is -3.63. The highest BCUT2D eigenvalue weighted by molar-refractivity contribution is 7.48. The van der Waals surface area contributed by atoms with Crippen LogP contribution in [0.3, 0.4) is 0 Å². The third-order valence-electron chi connectivity index (χ3n) is 3.02. The Bertz CT molecular complexity index is 879. The monoisotopic (exact) mass is 396 g/mol. The van der Waals surface area contributed by atoms with Gasteiger partial charge in [0.15, 0.2) is 0 Å². The van der Waals surface area contributed by atoms with Crippen LogP contribution in [0.4, 0.5) is 11.4 Å². The molecule has 0 radical (unpaired) electrons. The minimum Gasteiger partial charge on any atom is -0.357 e. The molecule has 0 aliphatic rings. The van der Waals surface area contributed by atoms with E-state index in [0.717, 1.165) is 48.5 Å². The lowest BCUT2D eigenvalue weighted by molar-refractivity contribution is -0.385. The Morgan fingerprint density at radius 2 is 1.07 bits per heavy atom.